The third-order valence-electron chi connectivity index (χ3n) is 3.31. The fraction of sp³-hybridized carbons (Fsp3) is 0.312. The number of benzene rings is 1. The van der Waals surface area contributed by atoms with E-state index in [4.69, 9.17) is 16.9 Å². The fourth-order valence-electron chi connectivity index (χ4n) is 2.14. The van der Waals surface area contributed by atoms with E-state index in [0.29, 0.717) is 10.7 Å². The van der Waals surface area contributed by atoms with Crippen LogP contribution in [0.1, 0.15) is 49.4 Å². The predicted octanol–water partition coefficient (Wildman–Crippen LogP) is 4.30. The van der Waals surface area contributed by atoms with Crippen LogP contribution in [-0.2, 0) is 0 Å². The standard InChI is InChI=1S/C16H17ClN4/c1-10(2)14-15(17)19-9-20-16(14)21-11(3)13-6-4-12(8-18)5-7-13/h4-7,9-11H,1-3H3,(H,19,20,21). The van der Waals surface area contributed by atoms with Gasteiger partial charge in [0.15, 0.2) is 0 Å². The van der Waals surface area contributed by atoms with Crippen LogP contribution in [0, 0.1) is 11.3 Å². The van der Waals surface area contributed by atoms with Crippen LogP contribution < -0.4 is 5.32 Å². The minimum absolute atomic E-state index is 0.0567. The van der Waals surface area contributed by atoms with E-state index in [2.05, 4.69) is 35.2 Å². The minimum atomic E-state index is 0.0567. The number of nitrogens with zero attached hydrogens (tertiary/aromatic N) is 3. The van der Waals surface area contributed by atoms with Gasteiger partial charge < -0.3 is 5.32 Å². The molecule has 2 aromatic rings. The summed E-state index contributed by atoms with van der Waals surface area (Å²) in [4.78, 5) is 8.34. The number of hydrogen-bond donors (Lipinski definition) is 1. The Bertz CT molecular complexity index is 659. The molecule has 0 fully saturated rings. The van der Waals surface area contributed by atoms with Crippen LogP contribution in [0.5, 0.6) is 0 Å². The molecule has 0 amide bonds. The lowest BCUT2D eigenvalue weighted by molar-refractivity contribution is 0.818. The van der Waals surface area contributed by atoms with Crippen LogP contribution in [0.3, 0.4) is 0 Å². The summed E-state index contributed by atoms with van der Waals surface area (Å²) in [5.74, 6) is 0.983. The van der Waals surface area contributed by atoms with E-state index < -0.39 is 0 Å². The highest BCUT2D eigenvalue weighted by Gasteiger charge is 2.15. The minimum Gasteiger partial charge on any atom is -0.363 e. The van der Waals surface area contributed by atoms with Gasteiger partial charge in [0, 0.05) is 11.6 Å². The topological polar surface area (TPSA) is 61.6 Å². The Balaban J connectivity index is 2.25. The summed E-state index contributed by atoms with van der Waals surface area (Å²) in [5.41, 5.74) is 2.65. The van der Waals surface area contributed by atoms with Gasteiger partial charge in [-0.2, -0.15) is 5.26 Å². The van der Waals surface area contributed by atoms with E-state index >= 15 is 0 Å². The molecule has 0 aliphatic carbocycles. The first-order chi connectivity index (χ1) is 10.0. The van der Waals surface area contributed by atoms with Crippen molar-refractivity contribution in [2.24, 2.45) is 0 Å². The molecule has 1 aromatic carbocycles. The fourth-order valence-corrected chi connectivity index (χ4v) is 2.49. The number of halogens is 1. The summed E-state index contributed by atoms with van der Waals surface area (Å²) in [5, 5.41) is 12.7. The largest absolute Gasteiger partial charge is 0.363 e. The Kier molecular flexibility index (Phi) is 4.77. The zero-order valence-electron chi connectivity index (χ0n) is 12.3. The van der Waals surface area contributed by atoms with Crippen molar-refractivity contribution in [2.75, 3.05) is 5.32 Å². The third-order valence-corrected chi connectivity index (χ3v) is 3.61. The van der Waals surface area contributed by atoms with Gasteiger partial charge in [0.1, 0.15) is 17.3 Å². The molecule has 0 saturated heterocycles. The maximum Gasteiger partial charge on any atom is 0.138 e. The average molecular weight is 301 g/mol. The van der Waals surface area contributed by atoms with Crippen molar-refractivity contribution in [2.45, 2.75) is 32.7 Å². The first-order valence-corrected chi connectivity index (χ1v) is 7.17. The Morgan fingerprint density at radius 3 is 2.38 bits per heavy atom. The van der Waals surface area contributed by atoms with Crippen LogP contribution in [0.25, 0.3) is 0 Å². The number of anilines is 1. The molecule has 0 aliphatic rings. The molecule has 1 N–H and O–H groups in total. The summed E-state index contributed by atoms with van der Waals surface area (Å²) in [6, 6.07) is 9.67. The van der Waals surface area contributed by atoms with Gasteiger partial charge in [0.05, 0.1) is 11.6 Å². The summed E-state index contributed by atoms with van der Waals surface area (Å²) in [7, 11) is 0. The highest BCUT2D eigenvalue weighted by molar-refractivity contribution is 6.30. The summed E-state index contributed by atoms with van der Waals surface area (Å²) >= 11 is 6.17. The molecule has 1 aromatic heterocycles. The normalized spacial score (nSPS) is 12.0. The third kappa shape index (κ3) is 3.50. The first kappa shape index (κ1) is 15.3. The number of aromatic nitrogens is 2. The van der Waals surface area contributed by atoms with Gasteiger partial charge in [-0.05, 0) is 30.5 Å². The van der Waals surface area contributed by atoms with Crippen molar-refractivity contribution >= 4 is 17.4 Å². The first-order valence-electron chi connectivity index (χ1n) is 6.80. The molecule has 1 atom stereocenters. The zero-order valence-corrected chi connectivity index (χ0v) is 13.0. The van der Waals surface area contributed by atoms with Crippen LogP contribution in [0.2, 0.25) is 5.15 Å². The molecule has 0 radical (unpaired) electrons. The number of hydrogen-bond acceptors (Lipinski definition) is 4. The maximum atomic E-state index is 8.83. The van der Waals surface area contributed by atoms with Crippen molar-refractivity contribution in [3.8, 4) is 6.07 Å². The van der Waals surface area contributed by atoms with Crippen LogP contribution in [0.4, 0.5) is 5.82 Å². The van der Waals surface area contributed by atoms with Crippen LogP contribution in [0.15, 0.2) is 30.6 Å². The van der Waals surface area contributed by atoms with Gasteiger partial charge in [-0.25, -0.2) is 9.97 Å². The van der Waals surface area contributed by atoms with Crippen molar-refractivity contribution < 1.29 is 0 Å². The number of nitrogens with one attached hydrogen (secondary N) is 1. The molecule has 0 bridgehead atoms. The number of rotatable bonds is 4. The second-order valence-corrected chi connectivity index (χ2v) is 5.54. The molecule has 2 rings (SSSR count). The van der Waals surface area contributed by atoms with Gasteiger partial charge in [0.25, 0.3) is 0 Å². The molecule has 0 spiro atoms. The van der Waals surface area contributed by atoms with Gasteiger partial charge in [-0.15, -0.1) is 0 Å². The molecule has 21 heavy (non-hydrogen) atoms. The van der Waals surface area contributed by atoms with Crippen molar-refractivity contribution in [1.82, 2.24) is 9.97 Å². The highest BCUT2D eigenvalue weighted by Crippen LogP contribution is 2.30. The van der Waals surface area contributed by atoms with Crippen molar-refractivity contribution in [3.63, 3.8) is 0 Å². The summed E-state index contributed by atoms with van der Waals surface area (Å²) < 4.78 is 0. The number of nitriles is 1. The van der Waals surface area contributed by atoms with Crippen molar-refractivity contribution in [1.29, 1.82) is 5.26 Å². The van der Waals surface area contributed by atoms with Gasteiger partial charge in [-0.1, -0.05) is 37.6 Å². The zero-order chi connectivity index (χ0) is 15.4. The second-order valence-electron chi connectivity index (χ2n) is 5.18. The van der Waals surface area contributed by atoms with E-state index in [1.54, 1.807) is 0 Å². The lowest BCUT2D eigenvalue weighted by Gasteiger charge is -2.19. The van der Waals surface area contributed by atoms with Crippen molar-refractivity contribution in [3.05, 3.63) is 52.4 Å². The lowest BCUT2D eigenvalue weighted by Crippen LogP contribution is -2.11. The van der Waals surface area contributed by atoms with Gasteiger partial charge in [0.2, 0.25) is 0 Å². The van der Waals surface area contributed by atoms with E-state index in [9.17, 15) is 0 Å². The highest BCUT2D eigenvalue weighted by atomic mass is 35.5. The summed E-state index contributed by atoms with van der Waals surface area (Å²) in [6.07, 6.45) is 1.46. The van der Waals surface area contributed by atoms with E-state index in [1.807, 2.05) is 31.2 Å². The Morgan fingerprint density at radius 2 is 1.81 bits per heavy atom. The molecule has 4 nitrogen and oxygen atoms in total. The molecule has 5 heteroatoms. The Morgan fingerprint density at radius 1 is 1.14 bits per heavy atom. The maximum absolute atomic E-state index is 8.83. The smallest absolute Gasteiger partial charge is 0.138 e. The van der Waals surface area contributed by atoms with E-state index in [0.717, 1.165) is 16.9 Å². The lowest BCUT2D eigenvalue weighted by atomic mass is 10.0. The van der Waals surface area contributed by atoms with Crippen LogP contribution in [-0.4, -0.2) is 9.97 Å². The SMILES string of the molecule is CC(C)c1c(Cl)ncnc1NC(C)c1ccc(C#N)cc1. The van der Waals surface area contributed by atoms with E-state index in [1.165, 1.54) is 6.33 Å². The Labute approximate surface area is 129 Å². The predicted molar refractivity (Wildman–Crippen MR) is 84.3 cm³/mol. The average Bonchev–Trinajstić information content (AvgIpc) is 2.47. The van der Waals surface area contributed by atoms with E-state index in [-0.39, 0.29) is 12.0 Å². The summed E-state index contributed by atoms with van der Waals surface area (Å²) in [6.45, 7) is 6.16. The van der Waals surface area contributed by atoms with Gasteiger partial charge >= 0.3 is 0 Å². The van der Waals surface area contributed by atoms with Crippen LogP contribution >= 0.6 is 11.6 Å². The monoisotopic (exact) mass is 300 g/mol. The van der Waals surface area contributed by atoms with Gasteiger partial charge in [-0.3, -0.25) is 0 Å². The molecule has 1 unspecified atom stereocenters. The molecule has 0 aliphatic heterocycles. The molecule has 108 valence electrons. The molecular formula is C16H17ClN4. The quantitative estimate of drug-likeness (QED) is 0.855. The molecule has 0 saturated carbocycles. The molecular weight excluding hydrogens is 284 g/mol. The Hall–Kier alpha value is -2.12. The molecule has 1 heterocycles. The second kappa shape index (κ2) is 6.55.